The summed E-state index contributed by atoms with van der Waals surface area (Å²) in [5.74, 6) is -0.611. The predicted octanol–water partition coefficient (Wildman–Crippen LogP) is 15.6. The van der Waals surface area contributed by atoms with Crippen molar-refractivity contribution in [2.45, 2.75) is 277 Å². The van der Waals surface area contributed by atoms with E-state index < -0.39 is 6.10 Å². The standard InChI is InChI=1S/C49H94O5/c1-3-5-7-9-11-13-15-17-19-21-22-23-24-25-26-28-29-31-33-35-37-39-41-43-48(51)53-46-47(45-50)54-49(52)44-42-40-38-36-34-32-30-27-20-18-16-14-12-10-8-6-4-2/h35,37,47,50H,3-34,36,38-46H2,1-2H3/b37-35+/t47-/m0/s1. The lowest BCUT2D eigenvalue weighted by molar-refractivity contribution is -0.161. The summed E-state index contributed by atoms with van der Waals surface area (Å²) in [5, 5.41) is 9.60. The third-order valence-corrected chi connectivity index (χ3v) is 11.1. The number of aliphatic hydroxyl groups is 1. The fourth-order valence-electron chi connectivity index (χ4n) is 7.38. The maximum atomic E-state index is 12.2. The fraction of sp³-hybridized carbons (Fsp3) is 0.918. The lowest BCUT2D eigenvalue weighted by atomic mass is 10.0. The largest absolute Gasteiger partial charge is 0.462 e. The van der Waals surface area contributed by atoms with Gasteiger partial charge in [0.2, 0.25) is 0 Å². The summed E-state index contributed by atoms with van der Waals surface area (Å²) in [6.07, 6.45) is 54.5. The predicted molar refractivity (Wildman–Crippen MR) is 233 cm³/mol. The van der Waals surface area contributed by atoms with Crippen LogP contribution < -0.4 is 0 Å². The first-order chi connectivity index (χ1) is 26.6. The third-order valence-electron chi connectivity index (χ3n) is 11.1. The quantitative estimate of drug-likeness (QED) is 0.0380. The van der Waals surface area contributed by atoms with Crippen molar-refractivity contribution in [1.82, 2.24) is 0 Å². The van der Waals surface area contributed by atoms with Crippen molar-refractivity contribution in [2.24, 2.45) is 0 Å². The monoisotopic (exact) mass is 763 g/mol. The van der Waals surface area contributed by atoms with Crippen LogP contribution in [-0.2, 0) is 19.1 Å². The Morgan fingerprint density at radius 3 is 1.06 bits per heavy atom. The van der Waals surface area contributed by atoms with Gasteiger partial charge in [-0.25, -0.2) is 0 Å². The van der Waals surface area contributed by atoms with E-state index in [0.717, 1.165) is 38.5 Å². The Morgan fingerprint density at radius 1 is 0.407 bits per heavy atom. The van der Waals surface area contributed by atoms with Crippen molar-refractivity contribution < 1.29 is 24.2 Å². The van der Waals surface area contributed by atoms with Crippen LogP contribution in [0, 0.1) is 0 Å². The second kappa shape index (κ2) is 46.0. The molecule has 0 spiro atoms. The first kappa shape index (κ1) is 52.6. The van der Waals surface area contributed by atoms with E-state index in [-0.39, 0.29) is 25.2 Å². The number of carbonyl (C=O) groups excluding carboxylic acids is 2. The van der Waals surface area contributed by atoms with E-state index in [2.05, 4.69) is 26.0 Å². The van der Waals surface area contributed by atoms with Gasteiger partial charge in [0.1, 0.15) is 6.61 Å². The molecule has 0 amide bonds. The molecule has 5 nitrogen and oxygen atoms in total. The highest BCUT2D eigenvalue weighted by molar-refractivity contribution is 5.70. The maximum Gasteiger partial charge on any atom is 0.306 e. The second-order valence-corrected chi connectivity index (χ2v) is 16.5. The van der Waals surface area contributed by atoms with Gasteiger partial charge in [0, 0.05) is 12.8 Å². The van der Waals surface area contributed by atoms with Crippen LogP contribution in [0.3, 0.4) is 0 Å². The van der Waals surface area contributed by atoms with Crippen LogP contribution in [0.25, 0.3) is 0 Å². The molecule has 0 aliphatic rings. The summed E-state index contributed by atoms with van der Waals surface area (Å²) < 4.78 is 10.6. The van der Waals surface area contributed by atoms with Gasteiger partial charge in [0.15, 0.2) is 6.10 Å². The molecule has 0 heterocycles. The van der Waals surface area contributed by atoms with E-state index in [1.54, 1.807) is 0 Å². The third kappa shape index (κ3) is 43.4. The molecule has 0 aromatic heterocycles. The van der Waals surface area contributed by atoms with Gasteiger partial charge in [0.05, 0.1) is 6.61 Å². The number of carbonyl (C=O) groups is 2. The molecule has 320 valence electrons. The van der Waals surface area contributed by atoms with Crippen LogP contribution >= 0.6 is 0 Å². The second-order valence-electron chi connectivity index (χ2n) is 16.5. The first-order valence-electron chi connectivity index (χ1n) is 24.2. The maximum absolute atomic E-state index is 12.2. The highest BCUT2D eigenvalue weighted by Gasteiger charge is 2.16. The van der Waals surface area contributed by atoms with Crippen LogP contribution in [0.4, 0.5) is 0 Å². The Labute approximate surface area is 337 Å². The lowest BCUT2D eigenvalue weighted by Crippen LogP contribution is -2.28. The molecule has 0 saturated heterocycles. The number of hydrogen-bond acceptors (Lipinski definition) is 5. The molecule has 0 radical (unpaired) electrons. The molecule has 0 rings (SSSR count). The van der Waals surface area contributed by atoms with Crippen molar-refractivity contribution >= 4 is 11.9 Å². The molecule has 1 N–H and O–H groups in total. The number of ether oxygens (including phenoxy) is 2. The molecule has 5 heteroatoms. The SMILES string of the molecule is CCCCCCCCCCCCCCCCCCCC/C=C/CCCC(=O)OC[C@H](CO)OC(=O)CCCCCCCCCCCCCCCCCCC. The summed E-state index contributed by atoms with van der Waals surface area (Å²) in [5.41, 5.74) is 0. The molecular weight excluding hydrogens is 669 g/mol. The summed E-state index contributed by atoms with van der Waals surface area (Å²) in [6, 6.07) is 0. The van der Waals surface area contributed by atoms with E-state index in [0.29, 0.717) is 12.8 Å². The van der Waals surface area contributed by atoms with Crippen molar-refractivity contribution in [3.05, 3.63) is 12.2 Å². The van der Waals surface area contributed by atoms with E-state index in [1.165, 1.54) is 205 Å². The Balaban J connectivity index is 3.48. The van der Waals surface area contributed by atoms with Crippen LogP contribution in [-0.4, -0.2) is 36.4 Å². The molecule has 1 atom stereocenters. The van der Waals surface area contributed by atoms with Crippen LogP contribution in [0.1, 0.15) is 271 Å². The lowest BCUT2D eigenvalue weighted by Gasteiger charge is -2.15. The zero-order valence-corrected chi connectivity index (χ0v) is 36.5. The number of esters is 2. The summed E-state index contributed by atoms with van der Waals surface area (Å²) >= 11 is 0. The Hall–Kier alpha value is -1.36. The van der Waals surface area contributed by atoms with Gasteiger partial charge in [-0.1, -0.05) is 238 Å². The molecule has 54 heavy (non-hydrogen) atoms. The van der Waals surface area contributed by atoms with E-state index in [1.807, 2.05) is 0 Å². The molecule has 0 fully saturated rings. The minimum Gasteiger partial charge on any atom is -0.462 e. The Bertz CT molecular complexity index is 780. The van der Waals surface area contributed by atoms with Gasteiger partial charge < -0.3 is 14.6 Å². The number of allylic oxidation sites excluding steroid dienone is 2. The molecule has 0 bridgehead atoms. The molecule has 0 saturated carbocycles. The molecule has 0 aromatic rings. The molecule has 0 unspecified atom stereocenters. The average Bonchev–Trinajstić information content (AvgIpc) is 3.17. The first-order valence-corrected chi connectivity index (χ1v) is 24.2. The van der Waals surface area contributed by atoms with Gasteiger partial charge in [0.25, 0.3) is 0 Å². The van der Waals surface area contributed by atoms with Gasteiger partial charge in [-0.15, -0.1) is 0 Å². The summed E-state index contributed by atoms with van der Waals surface area (Å²) in [4.78, 5) is 24.4. The van der Waals surface area contributed by atoms with Crippen LogP contribution in [0.15, 0.2) is 12.2 Å². The van der Waals surface area contributed by atoms with Crippen molar-refractivity contribution in [3.63, 3.8) is 0 Å². The molecule has 0 aromatic carbocycles. The van der Waals surface area contributed by atoms with Crippen molar-refractivity contribution in [3.8, 4) is 0 Å². The van der Waals surface area contributed by atoms with Gasteiger partial charge >= 0.3 is 11.9 Å². The number of rotatable bonds is 45. The molecule has 0 aliphatic heterocycles. The van der Waals surface area contributed by atoms with E-state index in [4.69, 9.17) is 9.47 Å². The topological polar surface area (TPSA) is 72.8 Å². The number of unbranched alkanes of at least 4 members (excludes halogenated alkanes) is 35. The zero-order valence-electron chi connectivity index (χ0n) is 36.5. The van der Waals surface area contributed by atoms with Gasteiger partial charge in [-0.3, -0.25) is 9.59 Å². The molecular formula is C49H94O5. The van der Waals surface area contributed by atoms with Crippen LogP contribution in [0.2, 0.25) is 0 Å². The minimum absolute atomic E-state index is 0.0741. The summed E-state index contributed by atoms with van der Waals surface area (Å²) in [6.45, 7) is 4.16. The number of aliphatic hydroxyl groups excluding tert-OH is 1. The molecule has 0 aliphatic carbocycles. The Kier molecular flexibility index (Phi) is 44.9. The minimum atomic E-state index is -0.776. The average molecular weight is 763 g/mol. The Morgan fingerprint density at radius 2 is 0.704 bits per heavy atom. The van der Waals surface area contributed by atoms with Crippen molar-refractivity contribution in [2.75, 3.05) is 13.2 Å². The summed E-state index contributed by atoms with van der Waals surface area (Å²) in [7, 11) is 0. The zero-order chi connectivity index (χ0) is 39.3. The highest BCUT2D eigenvalue weighted by Crippen LogP contribution is 2.16. The van der Waals surface area contributed by atoms with Crippen molar-refractivity contribution in [1.29, 1.82) is 0 Å². The van der Waals surface area contributed by atoms with Gasteiger partial charge in [-0.05, 0) is 32.1 Å². The van der Waals surface area contributed by atoms with Crippen LogP contribution in [0.5, 0.6) is 0 Å². The smallest absolute Gasteiger partial charge is 0.306 e. The van der Waals surface area contributed by atoms with Gasteiger partial charge in [-0.2, -0.15) is 0 Å². The normalized spacial score (nSPS) is 12.1. The fourth-order valence-corrected chi connectivity index (χ4v) is 7.38. The van der Waals surface area contributed by atoms with E-state index in [9.17, 15) is 14.7 Å². The number of hydrogen-bond donors (Lipinski definition) is 1. The highest BCUT2D eigenvalue weighted by atomic mass is 16.6. The van der Waals surface area contributed by atoms with E-state index >= 15 is 0 Å².